The number of hydrogen-bond acceptors (Lipinski definition) is 3. The quantitative estimate of drug-likeness (QED) is 0.778. The van der Waals surface area contributed by atoms with Gasteiger partial charge in [-0.3, -0.25) is 9.69 Å². The normalized spacial score (nSPS) is 32.5. The van der Waals surface area contributed by atoms with Crippen molar-refractivity contribution in [1.29, 1.82) is 0 Å². The van der Waals surface area contributed by atoms with Crippen LogP contribution in [0.3, 0.4) is 0 Å². The molecule has 4 nitrogen and oxygen atoms in total. The molecule has 17 heavy (non-hydrogen) atoms. The molecule has 0 saturated carbocycles. The molecule has 2 heterocycles. The molecule has 0 spiro atoms. The van der Waals surface area contributed by atoms with Gasteiger partial charge in [0.25, 0.3) is 0 Å². The summed E-state index contributed by atoms with van der Waals surface area (Å²) in [6.45, 7) is 4.40. The van der Waals surface area contributed by atoms with E-state index in [0.717, 1.165) is 32.5 Å². The van der Waals surface area contributed by atoms with Crippen LogP contribution >= 0.6 is 0 Å². The first-order valence-corrected chi connectivity index (χ1v) is 6.70. The van der Waals surface area contributed by atoms with Gasteiger partial charge < -0.3 is 10.6 Å². The Balaban J connectivity index is 1.89. The highest BCUT2D eigenvalue weighted by Gasteiger charge is 2.29. The fourth-order valence-corrected chi connectivity index (χ4v) is 3.11. The zero-order chi connectivity index (χ0) is 12.3. The minimum atomic E-state index is -0.162. The highest BCUT2D eigenvalue weighted by Crippen LogP contribution is 2.21. The number of hydrogen-bond donors (Lipinski definition) is 1. The summed E-state index contributed by atoms with van der Waals surface area (Å²) in [7, 11) is 2.18. The fraction of sp³-hybridized carbons (Fsp3) is 0.846. The van der Waals surface area contributed by atoms with Crippen molar-refractivity contribution in [3.05, 3.63) is 6.42 Å². The molecule has 1 amide bonds. The molecule has 0 aromatic rings. The minimum Gasteiger partial charge on any atom is -0.368 e. The van der Waals surface area contributed by atoms with E-state index in [0.29, 0.717) is 5.92 Å². The van der Waals surface area contributed by atoms with Crippen molar-refractivity contribution in [2.75, 3.05) is 33.2 Å². The van der Waals surface area contributed by atoms with Crippen LogP contribution < -0.4 is 5.73 Å². The third-order valence-corrected chi connectivity index (χ3v) is 3.99. The summed E-state index contributed by atoms with van der Waals surface area (Å²) in [6.07, 6.45) is 6.68. The maximum Gasteiger partial charge on any atom is 0.234 e. The molecule has 2 saturated heterocycles. The van der Waals surface area contributed by atoms with Crippen LogP contribution in [-0.2, 0) is 4.79 Å². The van der Waals surface area contributed by atoms with Crippen LogP contribution in [-0.4, -0.2) is 55.0 Å². The standard InChI is InChI=1S/C13H24N3O/c1-15-7-4-5-11(9-15)10-16-8-3-2-6-12(16)13(14)17/h2,11-12H,3-10H2,1H3,(H2,14,17). The van der Waals surface area contributed by atoms with Gasteiger partial charge in [0.2, 0.25) is 5.91 Å². The van der Waals surface area contributed by atoms with E-state index in [2.05, 4.69) is 23.3 Å². The molecule has 2 atom stereocenters. The van der Waals surface area contributed by atoms with E-state index in [1.54, 1.807) is 0 Å². The van der Waals surface area contributed by atoms with Gasteiger partial charge in [-0.2, -0.15) is 0 Å². The summed E-state index contributed by atoms with van der Waals surface area (Å²) in [5.74, 6) is 0.541. The number of rotatable bonds is 3. The molecule has 97 valence electrons. The van der Waals surface area contributed by atoms with Crippen molar-refractivity contribution in [2.24, 2.45) is 11.7 Å². The maximum atomic E-state index is 11.4. The number of carbonyl (C=O) groups is 1. The Bertz CT molecular complexity index is 269. The zero-order valence-corrected chi connectivity index (χ0v) is 10.8. The lowest BCUT2D eigenvalue weighted by Crippen LogP contribution is -2.51. The van der Waals surface area contributed by atoms with Gasteiger partial charge in [-0.1, -0.05) is 0 Å². The van der Waals surface area contributed by atoms with Gasteiger partial charge in [-0.05, 0) is 58.2 Å². The second-order valence-electron chi connectivity index (χ2n) is 5.50. The Morgan fingerprint density at radius 2 is 2.29 bits per heavy atom. The SMILES string of the molecule is CN1CCCC(CN2CC[CH]CC2C(N)=O)C1. The Kier molecular flexibility index (Phi) is 4.40. The van der Waals surface area contributed by atoms with Crippen LogP contribution in [0.2, 0.25) is 0 Å². The fourth-order valence-electron chi connectivity index (χ4n) is 3.11. The molecular weight excluding hydrogens is 214 g/mol. The number of amides is 1. The molecule has 2 aliphatic heterocycles. The topological polar surface area (TPSA) is 49.6 Å². The van der Waals surface area contributed by atoms with Crippen molar-refractivity contribution in [1.82, 2.24) is 9.80 Å². The molecule has 2 unspecified atom stereocenters. The second kappa shape index (κ2) is 5.83. The lowest BCUT2D eigenvalue weighted by atomic mass is 9.94. The Morgan fingerprint density at radius 1 is 1.47 bits per heavy atom. The Hall–Kier alpha value is -0.610. The summed E-state index contributed by atoms with van der Waals surface area (Å²) < 4.78 is 0. The second-order valence-corrected chi connectivity index (χ2v) is 5.50. The molecule has 0 aliphatic carbocycles. The first-order chi connectivity index (χ1) is 8.16. The van der Waals surface area contributed by atoms with Crippen LogP contribution in [0.15, 0.2) is 0 Å². The highest BCUT2D eigenvalue weighted by molar-refractivity contribution is 5.80. The minimum absolute atomic E-state index is 0.0593. The number of primary amides is 1. The predicted molar refractivity (Wildman–Crippen MR) is 68.3 cm³/mol. The number of likely N-dealkylation sites (tertiary alicyclic amines) is 2. The molecule has 2 rings (SSSR count). The van der Waals surface area contributed by atoms with E-state index in [4.69, 9.17) is 5.73 Å². The van der Waals surface area contributed by atoms with Gasteiger partial charge in [-0.25, -0.2) is 0 Å². The van der Waals surface area contributed by atoms with E-state index >= 15 is 0 Å². The van der Waals surface area contributed by atoms with Crippen LogP contribution in [0.5, 0.6) is 0 Å². The van der Waals surface area contributed by atoms with Crippen molar-refractivity contribution in [3.63, 3.8) is 0 Å². The van der Waals surface area contributed by atoms with E-state index in [1.165, 1.54) is 19.4 Å². The predicted octanol–water partition coefficient (Wildman–Crippen LogP) is 0.482. The summed E-state index contributed by atoms with van der Waals surface area (Å²) in [5.41, 5.74) is 5.48. The molecule has 2 N–H and O–H groups in total. The van der Waals surface area contributed by atoms with Crippen LogP contribution in [0.4, 0.5) is 0 Å². The van der Waals surface area contributed by atoms with E-state index in [1.807, 2.05) is 0 Å². The first-order valence-electron chi connectivity index (χ1n) is 6.70. The van der Waals surface area contributed by atoms with Gasteiger partial charge >= 0.3 is 0 Å². The maximum absolute atomic E-state index is 11.4. The number of nitrogens with two attached hydrogens (primary N) is 1. The molecule has 0 aromatic heterocycles. The molecule has 0 aromatic carbocycles. The molecular formula is C13H24N3O. The van der Waals surface area contributed by atoms with Crippen molar-refractivity contribution >= 4 is 5.91 Å². The van der Waals surface area contributed by atoms with E-state index in [9.17, 15) is 4.79 Å². The van der Waals surface area contributed by atoms with Crippen LogP contribution in [0, 0.1) is 12.3 Å². The summed E-state index contributed by atoms with van der Waals surface area (Å²) in [4.78, 5) is 16.1. The molecule has 2 fully saturated rings. The molecule has 1 radical (unpaired) electrons. The van der Waals surface area contributed by atoms with Gasteiger partial charge in [0.15, 0.2) is 0 Å². The van der Waals surface area contributed by atoms with Crippen molar-refractivity contribution in [3.8, 4) is 0 Å². The Morgan fingerprint density at radius 3 is 3.00 bits per heavy atom. The van der Waals surface area contributed by atoms with Gasteiger partial charge in [-0.15, -0.1) is 0 Å². The summed E-state index contributed by atoms with van der Waals surface area (Å²) >= 11 is 0. The number of piperidine rings is 2. The molecule has 2 aliphatic rings. The third kappa shape index (κ3) is 3.42. The first kappa shape index (κ1) is 12.8. The molecule has 4 heteroatoms. The number of carbonyl (C=O) groups excluding carboxylic acids is 1. The lowest BCUT2D eigenvalue weighted by molar-refractivity contribution is -0.124. The lowest BCUT2D eigenvalue weighted by Gasteiger charge is -2.38. The zero-order valence-electron chi connectivity index (χ0n) is 10.8. The number of nitrogens with zero attached hydrogens (tertiary/aromatic N) is 2. The highest BCUT2D eigenvalue weighted by atomic mass is 16.1. The van der Waals surface area contributed by atoms with Crippen molar-refractivity contribution < 1.29 is 4.79 Å². The van der Waals surface area contributed by atoms with Crippen LogP contribution in [0.1, 0.15) is 25.7 Å². The van der Waals surface area contributed by atoms with Crippen LogP contribution in [0.25, 0.3) is 0 Å². The van der Waals surface area contributed by atoms with Crippen molar-refractivity contribution in [2.45, 2.75) is 31.7 Å². The largest absolute Gasteiger partial charge is 0.368 e. The Labute approximate surface area is 104 Å². The average Bonchev–Trinajstić information content (AvgIpc) is 2.29. The average molecular weight is 238 g/mol. The van der Waals surface area contributed by atoms with E-state index in [-0.39, 0.29) is 11.9 Å². The monoisotopic (exact) mass is 238 g/mol. The van der Waals surface area contributed by atoms with Gasteiger partial charge in [0.05, 0.1) is 6.04 Å². The summed E-state index contributed by atoms with van der Waals surface area (Å²) in [5, 5.41) is 0. The summed E-state index contributed by atoms with van der Waals surface area (Å²) in [6, 6.07) is -0.0593. The van der Waals surface area contributed by atoms with Gasteiger partial charge in [0.1, 0.15) is 0 Å². The smallest absolute Gasteiger partial charge is 0.234 e. The van der Waals surface area contributed by atoms with E-state index < -0.39 is 0 Å². The third-order valence-electron chi connectivity index (χ3n) is 3.99. The van der Waals surface area contributed by atoms with Gasteiger partial charge in [0, 0.05) is 13.1 Å². The molecule has 0 bridgehead atoms.